The van der Waals surface area contributed by atoms with Gasteiger partial charge in [-0.1, -0.05) is 0 Å². The molecule has 19 heavy (non-hydrogen) atoms. The lowest BCUT2D eigenvalue weighted by Gasteiger charge is -2.28. The fourth-order valence-electron chi connectivity index (χ4n) is 3.65. The van der Waals surface area contributed by atoms with Crippen LogP contribution in [0, 0.1) is 5.92 Å². The van der Waals surface area contributed by atoms with Crippen molar-refractivity contribution < 1.29 is 0 Å². The SMILES string of the molecule is Brc1ccc2nnc(CC3CC4CCC(C3)N4)n2c1. The van der Waals surface area contributed by atoms with Crippen LogP contribution in [0.2, 0.25) is 0 Å². The van der Waals surface area contributed by atoms with Crippen molar-refractivity contribution in [3.05, 3.63) is 28.6 Å². The average Bonchev–Trinajstić information content (AvgIpc) is 2.94. The van der Waals surface area contributed by atoms with Gasteiger partial charge in [-0.3, -0.25) is 4.40 Å². The predicted octanol–water partition coefficient (Wildman–Crippen LogP) is 2.56. The van der Waals surface area contributed by atoms with Gasteiger partial charge in [0.05, 0.1) is 0 Å². The van der Waals surface area contributed by atoms with Crippen LogP contribution in [0.5, 0.6) is 0 Å². The molecule has 5 heteroatoms. The molecule has 4 heterocycles. The summed E-state index contributed by atoms with van der Waals surface area (Å²) in [4.78, 5) is 0. The lowest BCUT2D eigenvalue weighted by molar-refractivity contribution is 0.294. The Morgan fingerprint density at radius 2 is 2.00 bits per heavy atom. The fraction of sp³-hybridized carbons (Fsp3) is 0.571. The molecule has 0 spiro atoms. The summed E-state index contributed by atoms with van der Waals surface area (Å²) in [6.07, 6.45) is 8.41. The molecule has 0 aliphatic carbocycles. The Hall–Kier alpha value is -0.940. The van der Waals surface area contributed by atoms with Gasteiger partial charge < -0.3 is 5.32 Å². The molecule has 100 valence electrons. The maximum atomic E-state index is 4.37. The van der Waals surface area contributed by atoms with E-state index < -0.39 is 0 Å². The number of hydrogen-bond acceptors (Lipinski definition) is 3. The molecule has 2 aliphatic rings. The van der Waals surface area contributed by atoms with Crippen molar-refractivity contribution in [1.29, 1.82) is 0 Å². The molecule has 2 fully saturated rings. The minimum Gasteiger partial charge on any atom is -0.311 e. The van der Waals surface area contributed by atoms with E-state index in [1.165, 1.54) is 25.7 Å². The Kier molecular flexibility index (Phi) is 2.84. The van der Waals surface area contributed by atoms with E-state index >= 15 is 0 Å². The highest BCUT2D eigenvalue weighted by molar-refractivity contribution is 9.10. The Balaban J connectivity index is 1.59. The lowest BCUT2D eigenvalue weighted by Crippen LogP contribution is -2.38. The van der Waals surface area contributed by atoms with Crippen LogP contribution in [0.25, 0.3) is 5.65 Å². The number of pyridine rings is 1. The number of nitrogens with one attached hydrogen (secondary N) is 1. The molecule has 2 aromatic rings. The van der Waals surface area contributed by atoms with Crippen LogP contribution in [0.15, 0.2) is 22.8 Å². The van der Waals surface area contributed by atoms with Crippen molar-refractivity contribution in [2.45, 2.75) is 44.2 Å². The summed E-state index contributed by atoms with van der Waals surface area (Å²) in [7, 11) is 0. The highest BCUT2D eigenvalue weighted by Gasteiger charge is 2.33. The van der Waals surface area contributed by atoms with E-state index in [9.17, 15) is 0 Å². The molecule has 2 atom stereocenters. The van der Waals surface area contributed by atoms with E-state index in [4.69, 9.17) is 0 Å². The molecule has 4 rings (SSSR count). The summed E-state index contributed by atoms with van der Waals surface area (Å²) >= 11 is 3.52. The number of hydrogen-bond donors (Lipinski definition) is 1. The number of rotatable bonds is 2. The van der Waals surface area contributed by atoms with Crippen LogP contribution in [0.4, 0.5) is 0 Å². The summed E-state index contributed by atoms with van der Waals surface area (Å²) < 4.78 is 3.19. The Morgan fingerprint density at radius 3 is 2.79 bits per heavy atom. The number of aromatic nitrogens is 3. The molecule has 1 N–H and O–H groups in total. The molecule has 2 aromatic heterocycles. The molecule has 0 aromatic carbocycles. The molecule has 0 radical (unpaired) electrons. The zero-order valence-electron chi connectivity index (χ0n) is 10.7. The lowest BCUT2D eigenvalue weighted by atomic mass is 9.89. The van der Waals surface area contributed by atoms with Crippen molar-refractivity contribution >= 4 is 21.6 Å². The zero-order valence-corrected chi connectivity index (χ0v) is 12.3. The Morgan fingerprint density at radius 1 is 1.21 bits per heavy atom. The van der Waals surface area contributed by atoms with E-state index in [1.54, 1.807) is 0 Å². The van der Waals surface area contributed by atoms with Gasteiger partial charge in [0.2, 0.25) is 0 Å². The number of piperidine rings is 1. The number of nitrogens with zero attached hydrogens (tertiary/aromatic N) is 3. The molecule has 0 saturated carbocycles. The van der Waals surface area contributed by atoms with E-state index in [1.807, 2.05) is 12.1 Å². The van der Waals surface area contributed by atoms with Crippen LogP contribution in [-0.2, 0) is 6.42 Å². The van der Waals surface area contributed by atoms with Crippen molar-refractivity contribution in [1.82, 2.24) is 19.9 Å². The third kappa shape index (κ3) is 2.19. The van der Waals surface area contributed by atoms with Crippen LogP contribution in [0.3, 0.4) is 0 Å². The molecular formula is C14H17BrN4. The monoisotopic (exact) mass is 320 g/mol. The molecule has 2 aliphatic heterocycles. The first kappa shape index (κ1) is 11.9. The first-order chi connectivity index (χ1) is 9.28. The number of halogens is 1. The Labute approximate surface area is 120 Å². The quantitative estimate of drug-likeness (QED) is 0.924. The first-order valence-corrected chi connectivity index (χ1v) is 7.82. The van der Waals surface area contributed by atoms with Crippen molar-refractivity contribution in [2.75, 3.05) is 0 Å². The minimum absolute atomic E-state index is 0.745. The van der Waals surface area contributed by atoms with Crippen LogP contribution >= 0.6 is 15.9 Å². The van der Waals surface area contributed by atoms with Crippen molar-refractivity contribution in [3.63, 3.8) is 0 Å². The van der Waals surface area contributed by atoms with Crippen LogP contribution < -0.4 is 5.32 Å². The smallest absolute Gasteiger partial charge is 0.160 e. The van der Waals surface area contributed by atoms with Crippen LogP contribution in [0.1, 0.15) is 31.5 Å². The van der Waals surface area contributed by atoms with Gasteiger partial charge in [0.25, 0.3) is 0 Å². The van der Waals surface area contributed by atoms with Gasteiger partial charge in [0, 0.05) is 29.2 Å². The summed E-state index contributed by atoms with van der Waals surface area (Å²) in [5.41, 5.74) is 0.940. The van der Waals surface area contributed by atoms with E-state index in [0.717, 1.165) is 40.4 Å². The number of fused-ring (bicyclic) bond motifs is 3. The summed E-state index contributed by atoms with van der Waals surface area (Å²) in [5, 5.41) is 12.3. The first-order valence-electron chi connectivity index (χ1n) is 7.03. The van der Waals surface area contributed by atoms with Gasteiger partial charge in [0.15, 0.2) is 5.65 Å². The second-order valence-corrected chi connectivity index (χ2v) is 6.79. The van der Waals surface area contributed by atoms with E-state index in [0.29, 0.717) is 0 Å². The van der Waals surface area contributed by atoms with E-state index in [2.05, 4.69) is 42.0 Å². The maximum absolute atomic E-state index is 4.37. The third-order valence-corrected chi connectivity index (χ3v) is 4.95. The van der Waals surface area contributed by atoms with E-state index in [-0.39, 0.29) is 0 Å². The van der Waals surface area contributed by atoms with Gasteiger partial charge >= 0.3 is 0 Å². The summed E-state index contributed by atoms with van der Waals surface area (Å²) in [6.45, 7) is 0. The highest BCUT2D eigenvalue weighted by atomic mass is 79.9. The van der Waals surface area contributed by atoms with Gasteiger partial charge in [-0.15, -0.1) is 10.2 Å². The molecule has 2 bridgehead atoms. The van der Waals surface area contributed by atoms with Crippen LogP contribution in [-0.4, -0.2) is 26.7 Å². The van der Waals surface area contributed by atoms with Crippen molar-refractivity contribution in [3.8, 4) is 0 Å². The third-order valence-electron chi connectivity index (χ3n) is 4.48. The summed E-state index contributed by atoms with van der Waals surface area (Å²) in [5.74, 6) is 1.85. The summed E-state index contributed by atoms with van der Waals surface area (Å²) in [6, 6.07) is 5.51. The van der Waals surface area contributed by atoms with Crippen molar-refractivity contribution in [2.24, 2.45) is 5.92 Å². The molecular weight excluding hydrogens is 304 g/mol. The molecule has 4 nitrogen and oxygen atoms in total. The van der Waals surface area contributed by atoms with Gasteiger partial charge in [-0.05, 0) is 59.7 Å². The maximum Gasteiger partial charge on any atom is 0.160 e. The minimum atomic E-state index is 0.745. The highest BCUT2D eigenvalue weighted by Crippen LogP contribution is 2.32. The fourth-order valence-corrected chi connectivity index (χ4v) is 3.99. The normalized spacial score (nSPS) is 30.1. The van der Waals surface area contributed by atoms with Gasteiger partial charge in [0.1, 0.15) is 5.82 Å². The standard InChI is InChI=1S/C14H17BrN4/c15-10-1-4-13-17-18-14(19(13)8-10)7-9-5-11-2-3-12(6-9)16-11/h1,4,8-9,11-12,16H,2-3,5-7H2. The zero-order chi connectivity index (χ0) is 12.8. The molecule has 0 amide bonds. The van der Waals surface area contributed by atoms with Gasteiger partial charge in [-0.25, -0.2) is 0 Å². The largest absolute Gasteiger partial charge is 0.311 e. The molecule has 2 unspecified atom stereocenters. The second kappa shape index (κ2) is 4.56. The average molecular weight is 321 g/mol. The Bertz CT molecular complexity index is 597. The second-order valence-electron chi connectivity index (χ2n) is 5.87. The van der Waals surface area contributed by atoms with Gasteiger partial charge in [-0.2, -0.15) is 0 Å². The topological polar surface area (TPSA) is 42.2 Å². The molecule has 2 saturated heterocycles. The predicted molar refractivity (Wildman–Crippen MR) is 77.1 cm³/mol.